The highest BCUT2D eigenvalue weighted by Crippen LogP contribution is 2.57. The van der Waals surface area contributed by atoms with E-state index < -0.39 is 11.1 Å². The second-order valence-corrected chi connectivity index (χ2v) is 12.3. The van der Waals surface area contributed by atoms with E-state index >= 15 is 0 Å². The molecule has 0 amide bonds. The molecule has 0 bridgehead atoms. The lowest BCUT2D eigenvalue weighted by atomic mass is 9.60. The summed E-state index contributed by atoms with van der Waals surface area (Å²) in [6, 6.07) is 28.9. The van der Waals surface area contributed by atoms with Crippen LogP contribution in [0.15, 0.2) is 91.1 Å². The van der Waals surface area contributed by atoms with Crippen molar-refractivity contribution in [3.05, 3.63) is 102 Å². The van der Waals surface area contributed by atoms with E-state index in [2.05, 4.69) is 42.5 Å². The first-order chi connectivity index (χ1) is 20.8. The van der Waals surface area contributed by atoms with Crippen molar-refractivity contribution in [2.24, 2.45) is 11.7 Å². The average molecular weight is 568 g/mol. The fraction of sp³-hybridized carbons (Fsp3) is 0.250. The molecule has 0 radical (unpaired) electrons. The van der Waals surface area contributed by atoms with E-state index in [1.807, 2.05) is 60.1 Å². The number of aliphatic hydroxyl groups is 1. The van der Waals surface area contributed by atoms with Crippen LogP contribution >= 0.6 is 0 Å². The Hall–Kier alpha value is -4.59. The number of hydrogen-bond acceptors (Lipinski definition) is 6. The van der Waals surface area contributed by atoms with E-state index in [9.17, 15) is 5.11 Å². The minimum atomic E-state index is -0.597. The highest BCUT2D eigenvalue weighted by Gasteiger charge is 2.58. The molecule has 8 rings (SSSR count). The molecular weight excluding hydrogens is 534 g/mol. The van der Waals surface area contributed by atoms with Crippen LogP contribution in [0.2, 0.25) is 0 Å². The summed E-state index contributed by atoms with van der Waals surface area (Å²) in [7, 11) is 1.67. The maximum Gasteiger partial charge on any atom is 0.165 e. The topological polar surface area (TPSA) is 98.6 Å². The van der Waals surface area contributed by atoms with Crippen molar-refractivity contribution < 1.29 is 9.84 Å². The van der Waals surface area contributed by atoms with Gasteiger partial charge in [-0.25, -0.2) is 9.97 Å². The summed E-state index contributed by atoms with van der Waals surface area (Å²) >= 11 is 0. The average Bonchev–Trinajstić information content (AvgIpc) is 3.83. The number of pyridine rings is 1. The fourth-order valence-electron chi connectivity index (χ4n) is 6.96. The summed E-state index contributed by atoms with van der Waals surface area (Å²) in [5, 5.41) is 16.8. The molecule has 2 saturated carbocycles. The molecule has 0 atom stereocenters. The van der Waals surface area contributed by atoms with Crippen molar-refractivity contribution in [2.45, 2.75) is 43.7 Å². The van der Waals surface area contributed by atoms with Crippen LogP contribution < -0.4 is 10.5 Å². The summed E-state index contributed by atoms with van der Waals surface area (Å²) in [6.07, 6.45) is 5.35. The number of aryl methyl sites for hydroxylation is 1. The second kappa shape index (κ2) is 9.46. The van der Waals surface area contributed by atoms with Gasteiger partial charge in [0.1, 0.15) is 5.75 Å². The first-order valence-corrected chi connectivity index (χ1v) is 14.9. The minimum Gasteiger partial charge on any atom is -0.497 e. The van der Waals surface area contributed by atoms with Gasteiger partial charge in [-0.3, -0.25) is 0 Å². The molecule has 2 fully saturated rings. The van der Waals surface area contributed by atoms with Crippen LogP contribution in [0.3, 0.4) is 0 Å². The van der Waals surface area contributed by atoms with Crippen LogP contribution in [0, 0.1) is 12.8 Å². The quantitative estimate of drug-likeness (QED) is 0.233. The van der Waals surface area contributed by atoms with E-state index in [4.69, 9.17) is 25.5 Å². The first kappa shape index (κ1) is 26.1. The molecular formula is C36H33N5O2. The van der Waals surface area contributed by atoms with Crippen LogP contribution in [-0.4, -0.2) is 37.4 Å². The molecule has 7 nitrogen and oxygen atoms in total. The largest absolute Gasteiger partial charge is 0.497 e. The highest BCUT2D eigenvalue weighted by atomic mass is 16.5. The van der Waals surface area contributed by atoms with Gasteiger partial charge in [-0.2, -0.15) is 9.61 Å². The van der Waals surface area contributed by atoms with Gasteiger partial charge >= 0.3 is 0 Å². The number of ether oxygens (including phenoxy) is 1. The van der Waals surface area contributed by atoms with Crippen molar-refractivity contribution in [3.8, 4) is 39.3 Å². The predicted molar refractivity (Wildman–Crippen MR) is 169 cm³/mol. The Morgan fingerprint density at radius 3 is 2.26 bits per heavy atom. The van der Waals surface area contributed by atoms with E-state index in [0.717, 1.165) is 80.0 Å². The summed E-state index contributed by atoms with van der Waals surface area (Å²) < 4.78 is 7.22. The number of benzene rings is 3. The number of aromatic nitrogens is 4. The maximum atomic E-state index is 10.9. The molecule has 0 saturated heterocycles. The number of methoxy groups -OCH3 is 1. The maximum absolute atomic E-state index is 10.9. The molecule has 3 N–H and O–H groups in total. The molecule has 2 aliphatic carbocycles. The third kappa shape index (κ3) is 4.22. The van der Waals surface area contributed by atoms with Gasteiger partial charge in [-0.1, -0.05) is 66.7 Å². The lowest BCUT2D eigenvalue weighted by molar-refractivity contribution is -0.106. The minimum absolute atomic E-state index is 0.418. The monoisotopic (exact) mass is 567 g/mol. The van der Waals surface area contributed by atoms with Crippen molar-refractivity contribution in [3.63, 3.8) is 0 Å². The lowest BCUT2D eigenvalue weighted by Gasteiger charge is -2.52. The molecule has 3 heterocycles. The molecule has 0 unspecified atom stereocenters. The molecule has 43 heavy (non-hydrogen) atoms. The first-order valence-electron chi connectivity index (χ1n) is 14.9. The van der Waals surface area contributed by atoms with Crippen molar-refractivity contribution >= 4 is 16.7 Å². The van der Waals surface area contributed by atoms with Gasteiger partial charge in [0.25, 0.3) is 0 Å². The van der Waals surface area contributed by atoms with Crippen molar-refractivity contribution in [2.75, 3.05) is 7.11 Å². The van der Waals surface area contributed by atoms with Crippen LogP contribution in [0.5, 0.6) is 5.75 Å². The van der Waals surface area contributed by atoms with Gasteiger partial charge in [-0.05, 0) is 73.4 Å². The Labute approximate surface area is 250 Å². The normalized spacial score (nSPS) is 21.7. The van der Waals surface area contributed by atoms with Crippen LogP contribution in [-0.2, 0) is 5.54 Å². The summed E-state index contributed by atoms with van der Waals surface area (Å²) in [5.74, 6) is 1.22. The Morgan fingerprint density at radius 1 is 0.884 bits per heavy atom. The van der Waals surface area contributed by atoms with Crippen molar-refractivity contribution in [1.82, 2.24) is 19.6 Å². The van der Waals surface area contributed by atoms with E-state index in [1.54, 1.807) is 7.11 Å². The standard InChI is InChI=1S/C36H33N5O2/c1-22-31(24-10-16-29(43-2)17-11-24)34-38-19-26-18-30(23-6-4-3-5-7-23)32(39-33(26)41(34)40-22)25-8-12-27(13-9-25)35(37)20-36(42,21-35)28-14-15-28/h3-13,16-19,28,42H,14-15,20-21,37H2,1-2H3/t35-,36-. The molecule has 0 spiro atoms. The van der Waals surface area contributed by atoms with Gasteiger partial charge in [0.15, 0.2) is 11.3 Å². The molecule has 7 heteroatoms. The molecule has 214 valence electrons. The summed E-state index contributed by atoms with van der Waals surface area (Å²) in [5.41, 5.74) is 15.1. The Balaban J connectivity index is 1.25. The smallest absolute Gasteiger partial charge is 0.165 e. The van der Waals surface area contributed by atoms with Crippen LogP contribution in [0.4, 0.5) is 0 Å². The number of fused-ring (bicyclic) bond motifs is 3. The van der Waals surface area contributed by atoms with Gasteiger partial charge in [-0.15, -0.1) is 0 Å². The zero-order chi connectivity index (χ0) is 29.3. The van der Waals surface area contributed by atoms with Crippen LogP contribution in [0.1, 0.15) is 36.9 Å². The van der Waals surface area contributed by atoms with Gasteiger partial charge in [0.2, 0.25) is 0 Å². The lowest BCUT2D eigenvalue weighted by Crippen LogP contribution is -2.60. The van der Waals surface area contributed by atoms with Crippen molar-refractivity contribution in [1.29, 1.82) is 0 Å². The fourth-order valence-corrected chi connectivity index (χ4v) is 6.96. The second-order valence-electron chi connectivity index (χ2n) is 12.3. The third-order valence-corrected chi connectivity index (χ3v) is 9.37. The van der Waals surface area contributed by atoms with Gasteiger partial charge in [0.05, 0.1) is 24.1 Å². The number of nitrogens with zero attached hydrogens (tertiary/aromatic N) is 4. The zero-order valence-corrected chi connectivity index (χ0v) is 24.3. The summed E-state index contributed by atoms with van der Waals surface area (Å²) in [6.45, 7) is 2.01. The molecule has 0 aliphatic heterocycles. The Bertz CT molecular complexity index is 1990. The predicted octanol–water partition coefficient (Wildman–Crippen LogP) is 6.68. The van der Waals surface area contributed by atoms with Crippen LogP contribution in [0.25, 0.3) is 50.2 Å². The van der Waals surface area contributed by atoms with E-state index in [1.165, 1.54) is 0 Å². The molecule has 3 aromatic heterocycles. The number of nitrogens with two attached hydrogens (primary N) is 1. The van der Waals surface area contributed by atoms with Gasteiger partial charge in [0, 0.05) is 33.8 Å². The highest BCUT2D eigenvalue weighted by molar-refractivity contribution is 5.92. The number of hydrogen-bond donors (Lipinski definition) is 2. The molecule has 2 aliphatic rings. The molecule has 6 aromatic rings. The summed E-state index contributed by atoms with van der Waals surface area (Å²) in [4.78, 5) is 10.1. The third-order valence-electron chi connectivity index (χ3n) is 9.37. The SMILES string of the molecule is COc1ccc(-c2c(C)nn3c2ncc2cc(-c4ccccc4)c(-c4ccc([C@]5(N)C[C@@](O)(C6CC6)C5)cc4)nc23)cc1. The van der Waals surface area contributed by atoms with E-state index in [0.29, 0.717) is 18.8 Å². The Kier molecular flexibility index (Phi) is 5.73. The Morgan fingerprint density at radius 2 is 1.58 bits per heavy atom. The van der Waals surface area contributed by atoms with E-state index in [-0.39, 0.29) is 0 Å². The zero-order valence-electron chi connectivity index (χ0n) is 24.3. The van der Waals surface area contributed by atoms with Gasteiger partial charge < -0.3 is 15.6 Å². The number of rotatable bonds is 6. The molecule has 3 aromatic carbocycles.